The molecular formula is C11H9BrIN3O2. The van der Waals surface area contributed by atoms with Crippen molar-refractivity contribution in [1.82, 2.24) is 15.0 Å². The number of carbonyl (C=O) groups is 1. The van der Waals surface area contributed by atoms with Crippen molar-refractivity contribution in [3.63, 3.8) is 0 Å². The van der Waals surface area contributed by atoms with Crippen molar-refractivity contribution >= 4 is 44.5 Å². The first-order chi connectivity index (χ1) is 8.56. The van der Waals surface area contributed by atoms with Crippen LogP contribution in [0.1, 0.15) is 12.1 Å². The highest BCUT2D eigenvalue weighted by atomic mass is 127. The highest BCUT2D eigenvalue weighted by Gasteiger charge is 2.06. The minimum atomic E-state index is -0.831. The van der Waals surface area contributed by atoms with Crippen molar-refractivity contribution in [3.8, 4) is 5.69 Å². The van der Waals surface area contributed by atoms with Crippen LogP contribution in [-0.2, 0) is 11.2 Å². The predicted octanol–water partition coefficient (Wildman–Crippen LogP) is 2.65. The summed E-state index contributed by atoms with van der Waals surface area (Å²) in [6.07, 6.45) is 2.21. The number of carboxylic acid groups (broad SMARTS) is 1. The van der Waals surface area contributed by atoms with Gasteiger partial charge in [-0.2, -0.15) is 0 Å². The summed E-state index contributed by atoms with van der Waals surface area (Å²) in [5.74, 6) is -0.831. The molecule has 2 rings (SSSR count). The van der Waals surface area contributed by atoms with E-state index in [0.29, 0.717) is 12.1 Å². The zero-order valence-electron chi connectivity index (χ0n) is 9.18. The van der Waals surface area contributed by atoms with Gasteiger partial charge in [0.1, 0.15) is 0 Å². The molecule has 1 N–H and O–H groups in total. The smallest absolute Gasteiger partial charge is 0.303 e. The molecule has 0 saturated carbocycles. The minimum Gasteiger partial charge on any atom is -0.481 e. The molecule has 0 atom stereocenters. The fourth-order valence-corrected chi connectivity index (χ4v) is 2.15. The van der Waals surface area contributed by atoms with Gasteiger partial charge in [-0.1, -0.05) is 5.21 Å². The van der Waals surface area contributed by atoms with Gasteiger partial charge in [0.25, 0.3) is 0 Å². The average molecular weight is 422 g/mol. The number of aryl methyl sites for hydroxylation is 1. The lowest BCUT2D eigenvalue weighted by molar-refractivity contribution is -0.136. The van der Waals surface area contributed by atoms with Crippen molar-refractivity contribution in [3.05, 3.63) is 38.1 Å². The third kappa shape index (κ3) is 3.29. The summed E-state index contributed by atoms with van der Waals surface area (Å²) >= 11 is 5.65. The van der Waals surface area contributed by atoms with E-state index in [-0.39, 0.29) is 6.42 Å². The summed E-state index contributed by atoms with van der Waals surface area (Å²) in [4.78, 5) is 10.5. The zero-order valence-corrected chi connectivity index (χ0v) is 12.9. The maximum Gasteiger partial charge on any atom is 0.303 e. The molecule has 0 aliphatic carbocycles. The Bertz CT molecular complexity index is 585. The number of rotatable bonds is 4. The topological polar surface area (TPSA) is 68.0 Å². The van der Waals surface area contributed by atoms with Crippen LogP contribution in [0, 0.1) is 3.57 Å². The second-order valence-corrected chi connectivity index (χ2v) is 5.66. The first-order valence-electron chi connectivity index (χ1n) is 5.14. The summed E-state index contributed by atoms with van der Waals surface area (Å²) in [6, 6.07) is 5.83. The second kappa shape index (κ2) is 5.79. The first-order valence-corrected chi connectivity index (χ1v) is 7.02. The van der Waals surface area contributed by atoms with E-state index in [0.717, 1.165) is 13.7 Å². The number of hydrogen-bond acceptors (Lipinski definition) is 3. The Hall–Kier alpha value is -0.960. The van der Waals surface area contributed by atoms with Crippen LogP contribution >= 0.6 is 38.5 Å². The Morgan fingerprint density at radius 2 is 2.28 bits per heavy atom. The molecule has 0 aliphatic heterocycles. The van der Waals surface area contributed by atoms with Crippen molar-refractivity contribution in [2.24, 2.45) is 0 Å². The van der Waals surface area contributed by atoms with Gasteiger partial charge in [0, 0.05) is 14.5 Å². The molecule has 0 saturated heterocycles. The van der Waals surface area contributed by atoms with Gasteiger partial charge in [0.05, 0.1) is 24.0 Å². The molecule has 18 heavy (non-hydrogen) atoms. The highest BCUT2D eigenvalue weighted by Crippen LogP contribution is 2.21. The molecule has 1 aromatic heterocycles. The molecule has 0 bridgehead atoms. The molecule has 5 nitrogen and oxygen atoms in total. The predicted molar refractivity (Wildman–Crippen MR) is 77.7 cm³/mol. The third-order valence-electron chi connectivity index (χ3n) is 2.30. The Balaban J connectivity index is 2.18. The molecule has 0 amide bonds. The molecule has 94 valence electrons. The van der Waals surface area contributed by atoms with Gasteiger partial charge in [0.2, 0.25) is 0 Å². The second-order valence-electron chi connectivity index (χ2n) is 3.65. The molecule has 0 radical (unpaired) electrons. The van der Waals surface area contributed by atoms with Crippen LogP contribution in [0.25, 0.3) is 5.69 Å². The van der Waals surface area contributed by atoms with Gasteiger partial charge in [-0.25, -0.2) is 4.68 Å². The molecule has 0 spiro atoms. The standard InChI is InChI=1S/C11H9BrIN3O2/c12-9-3-2-8(5-10(9)13)16-6-7(14-15-16)1-4-11(17)18/h2-3,5-6H,1,4H2,(H,17,18). The Labute approximate surface area is 125 Å². The number of hydrogen-bond donors (Lipinski definition) is 1. The van der Waals surface area contributed by atoms with Crippen LogP contribution in [0.5, 0.6) is 0 Å². The van der Waals surface area contributed by atoms with Gasteiger partial charge in [-0.3, -0.25) is 4.79 Å². The monoisotopic (exact) mass is 421 g/mol. The number of aliphatic carboxylic acids is 1. The lowest BCUT2D eigenvalue weighted by Crippen LogP contribution is -1.97. The molecule has 0 fully saturated rings. The summed E-state index contributed by atoms with van der Waals surface area (Å²) < 4.78 is 3.75. The lowest BCUT2D eigenvalue weighted by Gasteiger charge is -2.01. The Morgan fingerprint density at radius 3 is 2.94 bits per heavy atom. The van der Waals surface area contributed by atoms with E-state index in [1.165, 1.54) is 0 Å². The molecular weight excluding hydrogens is 413 g/mol. The Kier molecular flexibility index (Phi) is 4.33. The first kappa shape index (κ1) is 13.5. The van der Waals surface area contributed by atoms with Crippen LogP contribution in [-0.4, -0.2) is 26.1 Å². The van der Waals surface area contributed by atoms with Crippen LogP contribution in [0.4, 0.5) is 0 Å². The maximum absolute atomic E-state index is 10.5. The SMILES string of the molecule is O=C(O)CCc1cn(-c2ccc(Br)c(I)c2)nn1. The Morgan fingerprint density at radius 1 is 1.50 bits per heavy atom. The normalized spacial score (nSPS) is 10.6. The van der Waals surface area contributed by atoms with E-state index in [2.05, 4.69) is 48.8 Å². The lowest BCUT2D eigenvalue weighted by atomic mass is 10.2. The van der Waals surface area contributed by atoms with Gasteiger partial charge < -0.3 is 5.11 Å². The zero-order chi connectivity index (χ0) is 13.1. The fraction of sp³-hybridized carbons (Fsp3) is 0.182. The number of carboxylic acids is 1. The minimum absolute atomic E-state index is 0.0660. The number of benzene rings is 1. The largest absolute Gasteiger partial charge is 0.481 e. The summed E-state index contributed by atoms with van der Waals surface area (Å²) in [7, 11) is 0. The third-order valence-corrected chi connectivity index (χ3v) is 4.63. The van der Waals surface area contributed by atoms with E-state index >= 15 is 0 Å². The quantitative estimate of drug-likeness (QED) is 0.770. The van der Waals surface area contributed by atoms with E-state index < -0.39 is 5.97 Å². The highest BCUT2D eigenvalue weighted by molar-refractivity contribution is 14.1. The van der Waals surface area contributed by atoms with Gasteiger partial charge in [-0.05, 0) is 56.7 Å². The number of aromatic nitrogens is 3. The van der Waals surface area contributed by atoms with E-state index in [1.54, 1.807) is 10.9 Å². The maximum atomic E-state index is 10.5. The summed E-state index contributed by atoms with van der Waals surface area (Å²) in [6.45, 7) is 0. The van der Waals surface area contributed by atoms with E-state index in [4.69, 9.17) is 5.11 Å². The van der Waals surface area contributed by atoms with Crippen molar-refractivity contribution in [2.75, 3.05) is 0 Å². The van der Waals surface area contributed by atoms with Crippen LogP contribution in [0.2, 0.25) is 0 Å². The summed E-state index contributed by atoms with van der Waals surface area (Å²) in [5.41, 5.74) is 1.58. The van der Waals surface area contributed by atoms with Gasteiger partial charge in [-0.15, -0.1) is 5.10 Å². The molecule has 0 aliphatic rings. The molecule has 1 heterocycles. The van der Waals surface area contributed by atoms with Crippen molar-refractivity contribution < 1.29 is 9.90 Å². The fourth-order valence-electron chi connectivity index (χ4n) is 1.40. The molecule has 2 aromatic rings. The van der Waals surface area contributed by atoms with Gasteiger partial charge >= 0.3 is 5.97 Å². The van der Waals surface area contributed by atoms with Crippen LogP contribution in [0.3, 0.4) is 0 Å². The molecule has 0 unspecified atom stereocenters. The number of nitrogens with zero attached hydrogens (tertiary/aromatic N) is 3. The summed E-state index contributed by atoms with van der Waals surface area (Å²) in [5, 5.41) is 16.5. The van der Waals surface area contributed by atoms with Crippen LogP contribution in [0.15, 0.2) is 28.9 Å². The van der Waals surface area contributed by atoms with Gasteiger partial charge in [0.15, 0.2) is 0 Å². The van der Waals surface area contributed by atoms with Crippen molar-refractivity contribution in [1.29, 1.82) is 0 Å². The average Bonchev–Trinajstić information content (AvgIpc) is 2.79. The number of halogens is 2. The van der Waals surface area contributed by atoms with E-state index in [1.807, 2.05) is 18.2 Å². The van der Waals surface area contributed by atoms with Crippen LogP contribution < -0.4 is 0 Å². The molecule has 7 heteroatoms. The molecule has 1 aromatic carbocycles. The van der Waals surface area contributed by atoms with E-state index in [9.17, 15) is 4.79 Å². The van der Waals surface area contributed by atoms with Crippen molar-refractivity contribution in [2.45, 2.75) is 12.8 Å².